The highest BCUT2D eigenvalue weighted by molar-refractivity contribution is 6.97. The van der Waals surface area contributed by atoms with E-state index in [2.05, 4.69) is 109 Å². The molecule has 10 rings (SSSR count). The Morgan fingerprint density at radius 1 is 0.333 bits per heavy atom. The zero-order valence-electron chi connectivity index (χ0n) is 29.4. The maximum atomic E-state index is 15.1. The Bertz CT molecular complexity index is 2520. The fourth-order valence-electron chi connectivity index (χ4n) is 8.38. The first-order valence-corrected chi connectivity index (χ1v) is 18.4. The number of hydrogen-bond donors (Lipinski definition) is 0. The monoisotopic (exact) mass is 690 g/mol. The molecule has 0 spiro atoms. The minimum absolute atomic E-state index is 0.0104. The molecule has 8 aromatic carbocycles. The summed E-state index contributed by atoms with van der Waals surface area (Å²) in [5.41, 5.74) is 11.4. The van der Waals surface area contributed by atoms with Gasteiger partial charge in [-0.2, -0.15) is 0 Å². The molecule has 0 unspecified atom stereocenters. The van der Waals surface area contributed by atoms with Crippen molar-refractivity contribution >= 4 is 52.0 Å². The van der Waals surface area contributed by atoms with Crippen molar-refractivity contribution in [1.29, 1.82) is 0 Å². The summed E-state index contributed by atoms with van der Waals surface area (Å²) in [7, 11) is 0. The molecular weight excluding hydrogens is 658 g/mol. The van der Waals surface area contributed by atoms with Gasteiger partial charge in [-0.3, -0.25) is 4.79 Å². The summed E-state index contributed by atoms with van der Waals surface area (Å²) < 4.78 is 13.5. The van der Waals surface area contributed by atoms with Crippen molar-refractivity contribution in [1.82, 2.24) is 0 Å². The van der Waals surface area contributed by atoms with Gasteiger partial charge < -0.3 is 9.47 Å². The molecule has 54 heavy (non-hydrogen) atoms. The summed E-state index contributed by atoms with van der Waals surface area (Å²) in [4.78, 5) is 15.1. The SMILES string of the molecule is O=C(c1ccccc1-c1cccc2c1Oc1ccccc1B2c1ccccc1)c1ccccc1-c1cccc2c1Oc1ccccc1B2c1ccccc1. The standard InChI is InChI=1S/C49H32B2O3/c52-47(37-23-9-7-21-35(37)39-25-15-29-43-48(39)53-45-31-13-11-27-41(45)50(43)33-17-3-1-4-18-33)38-24-10-8-22-36(38)40-26-16-30-44-49(40)54-46-32-14-12-28-42(46)51(44)34-19-5-2-6-20-34/h1-32H. The number of carbonyl (C=O) groups excluding carboxylic acids is 1. The third-order valence-corrected chi connectivity index (χ3v) is 10.8. The van der Waals surface area contributed by atoms with Crippen LogP contribution in [0.5, 0.6) is 23.0 Å². The average molecular weight is 690 g/mol. The topological polar surface area (TPSA) is 35.5 Å². The average Bonchev–Trinajstić information content (AvgIpc) is 3.24. The maximum absolute atomic E-state index is 15.1. The summed E-state index contributed by atoms with van der Waals surface area (Å²) in [6.07, 6.45) is 0. The van der Waals surface area contributed by atoms with Crippen molar-refractivity contribution in [3.8, 4) is 45.3 Å². The summed E-state index contributed by atoms with van der Waals surface area (Å²) in [6.45, 7) is -0.0208. The molecule has 5 heteroatoms. The van der Waals surface area contributed by atoms with Crippen LogP contribution in [0.25, 0.3) is 22.3 Å². The first kappa shape index (κ1) is 31.9. The number of ether oxygens (including phenoxy) is 2. The van der Waals surface area contributed by atoms with E-state index in [0.717, 1.165) is 67.1 Å². The second-order valence-electron chi connectivity index (χ2n) is 13.8. The minimum Gasteiger partial charge on any atom is -0.458 e. The van der Waals surface area contributed by atoms with Crippen molar-refractivity contribution in [2.24, 2.45) is 0 Å². The first-order valence-electron chi connectivity index (χ1n) is 18.4. The van der Waals surface area contributed by atoms with Crippen LogP contribution in [0.1, 0.15) is 15.9 Å². The number of benzene rings is 8. The zero-order valence-corrected chi connectivity index (χ0v) is 29.4. The van der Waals surface area contributed by atoms with Gasteiger partial charge >= 0.3 is 0 Å². The highest BCUT2D eigenvalue weighted by Crippen LogP contribution is 2.40. The van der Waals surface area contributed by atoms with Gasteiger partial charge in [-0.1, -0.05) is 193 Å². The van der Waals surface area contributed by atoms with Gasteiger partial charge in [0.25, 0.3) is 13.4 Å². The normalized spacial score (nSPS) is 12.4. The second-order valence-corrected chi connectivity index (χ2v) is 13.8. The van der Waals surface area contributed by atoms with E-state index in [4.69, 9.17) is 9.47 Å². The van der Waals surface area contributed by atoms with E-state index in [1.165, 1.54) is 10.9 Å². The fourth-order valence-corrected chi connectivity index (χ4v) is 8.38. The van der Waals surface area contributed by atoms with Gasteiger partial charge in [-0.05, 0) is 45.1 Å². The zero-order chi connectivity index (χ0) is 36.0. The Balaban J connectivity index is 1.10. The molecule has 0 N–H and O–H groups in total. The molecule has 0 aromatic heterocycles. The highest BCUT2D eigenvalue weighted by Gasteiger charge is 2.36. The van der Waals surface area contributed by atoms with Crippen molar-refractivity contribution < 1.29 is 14.3 Å². The lowest BCUT2D eigenvalue weighted by Crippen LogP contribution is -2.54. The van der Waals surface area contributed by atoms with Gasteiger partial charge in [0.1, 0.15) is 23.0 Å². The molecule has 252 valence electrons. The van der Waals surface area contributed by atoms with Gasteiger partial charge in [-0.25, -0.2) is 0 Å². The van der Waals surface area contributed by atoms with Crippen LogP contribution in [-0.2, 0) is 0 Å². The Morgan fingerprint density at radius 3 is 1.15 bits per heavy atom. The van der Waals surface area contributed by atoms with Crippen LogP contribution in [0.3, 0.4) is 0 Å². The Hall–Kier alpha value is -6.84. The Kier molecular flexibility index (Phi) is 7.84. The molecule has 0 fully saturated rings. The van der Waals surface area contributed by atoms with Crippen LogP contribution in [0.15, 0.2) is 194 Å². The molecule has 0 atom stereocenters. The van der Waals surface area contributed by atoms with E-state index in [-0.39, 0.29) is 19.2 Å². The molecule has 2 heterocycles. The minimum atomic E-state index is -0.0666. The van der Waals surface area contributed by atoms with E-state index in [0.29, 0.717) is 11.1 Å². The van der Waals surface area contributed by atoms with Crippen molar-refractivity contribution in [3.05, 3.63) is 205 Å². The lowest BCUT2D eigenvalue weighted by atomic mass is 9.35. The summed E-state index contributed by atoms with van der Waals surface area (Å²) in [6, 6.07) is 65.9. The number of para-hydroxylation sites is 4. The quantitative estimate of drug-likeness (QED) is 0.134. The molecule has 0 bridgehead atoms. The van der Waals surface area contributed by atoms with E-state index in [9.17, 15) is 0 Å². The summed E-state index contributed by atoms with van der Waals surface area (Å²) in [5.74, 6) is 3.13. The molecular formula is C49H32B2O3. The van der Waals surface area contributed by atoms with Crippen LogP contribution < -0.4 is 42.3 Å². The van der Waals surface area contributed by atoms with Crippen molar-refractivity contribution in [3.63, 3.8) is 0 Å². The van der Waals surface area contributed by atoms with Gasteiger partial charge in [0.05, 0.1) is 0 Å². The predicted octanol–water partition coefficient (Wildman–Crippen LogP) is 7.50. The fraction of sp³-hybridized carbons (Fsp3) is 0. The second kappa shape index (κ2) is 13.3. The van der Waals surface area contributed by atoms with E-state index < -0.39 is 0 Å². The number of fused-ring (bicyclic) bond motifs is 4. The Labute approximate surface area is 315 Å². The van der Waals surface area contributed by atoms with E-state index >= 15 is 4.79 Å². The molecule has 2 aliphatic rings. The molecule has 0 amide bonds. The summed E-state index contributed by atoms with van der Waals surface area (Å²) >= 11 is 0. The molecule has 2 aliphatic heterocycles. The lowest BCUT2D eigenvalue weighted by Gasteiger charge is -2.29. The van der Waals surface area contributed by atoms with Crippen LogP contribution in [0.2, 0.25) is 0 Å². The van der Waals surface area contributed by atoms with Crippen molar-refractivity contribution in [2.45, 2.75) is 0 Å². The number of hydrogen-bond acceptors (Lipinski definition) is 3. The van der Waals surface area contributed by atoms with E-state index in [1.807, 2.05) is 84.9 Å². The van der Waals surface area contributed by atoms with E-state index in [1.54, 1.807) is 0 Å². The summed E-state index contributed by atoms with van der Waals surface area (Å²) in [5, 5.41) is 0. The maximum Gasteiger partial charge on any atom is 0.250 e. The van der Waals surface area contributed by atoms with Crippen LogP contribution in [0.4, 0.5) is 0 Å². The Morgan fingerprint density at radius 2 is 0.685 bits per heavy atom. The lowest BCUT2D eigenvalue weighted by molar-refractivity contribution is 0.104. The van der Waals surface area contributed by atoms with Crippen LogP contribution >= 0.6 is 0 Å². The molecule has 0 aliphatic carbocycles. The smallest absolute Gasteiger partial charge is 0.250 e. The largest absolute Gasteiger partial charge is 0.458 e. The predicted molar refractivity (Wildman–Crippen MR) is 222 cm³/mol. The number of rotatable bonds is 6. The third-order valence-electron chi connectivity index (χ3n) is 10.8. The third kappa shape index (κ3) is 5.28. The van der Waals surface area contributed by atoms with Gasteiger partial charge in [0.2, 0.25) is 0 Å². The molecule has 0 saturated carbocycles. The van der Waals surface area contributed by atoms with Gasteiger partial charge in [0.15, 0.2) is 5.78 Å². The molecule has 0 saturated heterocycles. The van der Waals surface area contributed by atoms with Crippen LogP contribution in [0, 0.1) is 0 Å². The van der Waals surface area contributed by atoms with Crippen LogP contribution in [-0.4, -0.2) is 19.2 Å². The van der Waals surface area contributed by atoms with Gasteiger partial charge in [0, 0.05) is 22.3 Å². The number of carbonyl (C=O) groups is 1. The number of ketones is 1. The molecule has 0 radical (unpaired) electrons. The molecule has 8 aromatic rings. The molecule has 3 nitrogen and oxygen atoms in total. The van der Waals surface area contributed by atoms with Crippen molar-refractivity contribution in [2.75, 3.05) is 0 Å². The highest BCUT2D eigenvalue weighted by atomic mass is 16.5. The van der Waals surface area contributed by atoms with Gasteiger partial charge in [-0.15, -0.1) is 0 Å². The first-order chi connectivity index (χ1) is 26.7.